The fourth-order valence-corrected chi connectivity index (χ4v) is 2.02. The van der Waals surface area contributed by atoms with Gasteiger partial charge in [-0.2, -0.15) is 5.26 Å². The Balaban J connectivity index is 2.23. The molecule has 0 aromatic heterocycles. The first kappa shape index (κ1) is 12.4. The third-order valence-electron chi connectivity index (χ3n) is 2.75. The summed E-state index contributed by atoms with van der Waals surface area (Å²) in [6.45, 7) is 5.88. The second kappa shape index (κ2) is 4.34. The van der Waals surface area contributed by atoms with Crippen molar-refractivity contribution in [1.29, 1.82) is 5.26 Å². The van der Waals surface area contributed by atoms with E-state index in [2.05, 4.69) is 6.07 Å². The Hall–Kier alpha value is -2.02. The molecule has 0 bridgehead atoms. The van der Waals surface area contributed by atoms with Crippen molar-refractivity contribution in [3.05, 3.63) is 35.4 Å². The fraction of sp³-hybridized carbons (Fsp3) is 0.429. The van der Waals surface area contributed by atoms with Crippen LogP contribution in [-0.2, 0) is 11.3 Å². The summed E-state index contributed by atoms with van der Waals surface area (Å²) in [4.78, 5) is 13.5. The molecule has 1 aliphatic heterocycles. The van der Waals surface area contributed by atoms with Crippen LogP contribution in [0.3, 0.4) is 0 Å². The van der Waals surface area contributed by atoms with Gasteiger partial charge in [-0.1, -0.05) is 24.3 Å². The number of carbonyl (C=O) groups excluding carboxylic acids is 1. The summed E-state index contributed by atoms with van der Waals surface area (Å²) in [5, 5.41) is 9.23. The van der Waals surface area contributed by atoms with Gasteiger partial charge in [-0.3, -0.25) is 4.90 Å². The summed E-state index contributed by atoms with van der Waals surface area (Å²) in [6.07, 6.45) is -0.440. The molecular formula is C14H16N2O2. The number of carbonyl (C=O) groups is 1. The van der Waals surface area contributed by atoms with Gasteiger partial charge in [0, 0.05) is 0 Å². The molecule has 4 nitrogen and oxygen atoms in total. The van der Waals surface area contributed by atoms with E-state index in [0.717, 1.165) is 11.1 Å². The molecule has 1 aromatic rings. The number of fused-ring (bicyclic) bond motifs is 1. The highest BCUT2D eigenvalue weighted by Gasteiger charge is 2.35. The van der Waals surface area contributed by atoms with E-state index >= 15 is 0 Å². The average Bonchev–Trinajstić information content (AvgIpc) is 2.65. The Labute approximate surface area is 107 Å². The van der Waals surface area contributed by atoms with E-state index in [1.165, 1.54) is 4.90 Å². The highest BCUT2D eigenvalue weighted by molar-refractivity contribution is 5.71. The van der Waals surface area contributed by atoms with Crippen LogP contribution in [0.15, 0.2) is 24.3 Å². The molecule has 1 heterocycles. The van der Waals surface area contributed by atoms with Crippen molar-refractivity contribution >= 4 is 6.09 Å². The largest absolute Gasteiger partial charge is 0.444 e. The van der Waals surface area contributed by atoms with Gasteiger partial charge in [0.2, 0.25) is 0 Å². The Kier molecular flexibility index (Phi) is 3.00. The average molecular weight is 244 g/mol. The molecule has 0 saturated heterocycles. The predicted octanol–water partition coefficient (Wildman–Crippen LogP) is 3.00. The second-order valence-corrected chi connectivity index (χ2v) is 5.34. The standard InChI is InChI=1S/C14H16N2O2/c1-14(2,3)18-13(17)16-9-10-6-4-5-7-11(10)12(16)8-15/h4-7,12H,9H2,1-3H3. The lowest BCUT2D eigenvalue weighted by Crippen LogP contribution is -2.35. The highest BCUT2D eigenvalue weighted by atomic mass is 16.6. The smallest absolute Gasteiger partial charge is 0.411 e. The topological polar surface area (TPSA) is 53.3 Å². The molecular weight excluding hydrogens is 228 g/mol. The second-order valence-electron chi connectivity index (χ2n) is 5.34. The van der Waals surface area contributed by atoms with E-state index in [1.54, 1.807) is 0 Å². The van der Waals surface area contributed by atoms with Crippen LogP contribution in [0.25, 0.3) is 0 Å². The van der Waals surface area contributed by atoms with Gasteiger partial charge in [-0.25, -0.2) is 4.79 Å². The summed E-state index contributed by atoms with van der Waals surface area (Å²) in [5.74, 6) is 0. The third-order valence-corrected chi connectivity index (χ3v) is 2.75. The van der Waals surface area contributed by atoms with E-state index in [0.29, 0.717) is 6.54 Å². The maximum Gasteiger partial charge on any atom is 0.411 e. The van der Waals surface area contributed by atoms with E-state index in [9.17, 15) is 10.1 Å². The summed E-state index contributed by atoms with van der Waals surface area (Å²) in [6, 6.07) is 9.22. The first-order valence-corrected chi connectivity index (χ1v) is 5.89. The van der Waals surface area contributed by atoms with Crippen molar-refractivity contribution < 1.29 is 9.53 Å². The number of ether oxygens (including phenoxy) is 1. The molecule has 0 saturated carbocycles. The maximum absolute atomic E-state index is 12.1. The molecule has 18 heavy (non-hydrogen) atoms. The molecule has 2 rings (SSSR count). The number of rotatable bonds is 0. The number of hydrogen-bond acceptors (Lipinski definition) is 3. The normalized spacial score (nSPS) is 18.1. The van der Waals surface area contributed by atoms with Crippen molar-refractivity contribution in [2.45, 2.75) is 39.0 Å². The van der Waals surface area contributed by atoms with E-state index in [-0.39, 0.29) is 0 Å². The first-order valence-electron chi connectivity index (χ1n) is 5.89. The Morgan fingerprint density at radius 2 is 2.11 bits per heavy atom. The summed E-state index contributed by atoms with van der Waals surface area (Å²) in [7, 11) is 0. The van der Waals surface area contributed by atoms with Crippen molar-refractivity contribution in [1.82, 2.24) is 4.90 Å². The van der Waals surface area contributed by atoms with E-state index in [1.807, 2.05) is 45.0 Å². The van der Waals surface area contributed by atoms with E-state index in [4.69, 9.17) is 4.74 Å². The van der Waals surface area contributed by atoms with Gasteiger partial charge in [-0.15, -0.1) is 0 Å². The third kappa shape index (κ3) is 2.30. The zero-order valence-electron chi connectivity index (χ0n) is 10.8. The van der Waals surface area contributed by atoms with Crippen LogP contribution in [0.4, 0.5) is 4.79 Å². The molecule has 0 radical (unpaired) electrons. The van der Waals surface area contributed by atoms with Gasteiger partial charge in [0.05, 0.1) is 12.6 Å². The Morgan fingerprint density at radius 1 is 1.44 bits per heavy atom. The minimum absolute atomic E-state index is 0.434. The molecule has 4 heteroatoms. The summed E-state index contributed by atoms with van der Waals surface area (Å²) in [5.41, 5.74) is 1.35. The molecule has 0 spiro atoms. The van der Waals surface area contributed by atoms with E-state index < -0.39 is 17.7 Å². The summed E-state index contributed by atoms with van der Waals surface area (Å²) >= 11 is 0. The Morgan fingerprint density at radius 3 is 2.72 bits per heavy atom. The van der Waals surface area contributed by atoms with Crippen LogP contribution < -0.4 is 0 Å². The van der Waals surface area contributed by atoms with Crippen molar-refractivity contribution in [3.63, 3.8) is 0 Å². The van der Waals surface area contributed by atoms with Crippen LogP contribution in [0.2, 0.25) is 0 Å². The van der Waals surface area contributed by atoms with Crippen molar-refractivity contribution in [2.75, 3.05) is 0 Å². The lowest BCUT2D eigenvalue weighted by molar-refractivity contribution is 0.0213. The van der Waals surface area contributed by atoms with Gasteiger partial charge >= 0.3 is 6.09 Å². The van der Waals surface area contributed by atoms with Gasteiger partial charge in [0.25, 0.3) is 0 Å². The molecule has 1 aromatic carbocycles. The van der Waals surface area contributed by atoms with Crippen molar-refractivity contribution in [3.8, 4) is 6.07 Å². The number of nitriles is 1. The minimum atomic E-state index is -0.550. The molecule has 0 aliphatic carbocycles. The molecule has 1 amide bonds. The Bertz CT molecular complexity index is 511. The molecule has 1 atom stereocenters. The minimum Gasteiger partial charge on any atom is -0.444 e. The van der Waals surface area contributed by atoms with Crippen LogP contribution in [0.1, 0.15) is 37.9 Å². The SMILES string of the molecule is CC(C)(C)OC(=O)N1Cc2ccccc2C1C#N. The molecule has 1 unspecified atom stereocenters. The number of hydrogen-bond donors (Lipinski definition) is 0. The maximum atomic E-state index is 12.1. The zero-order valence-corrected chi connectivity index (χ0v) is 10.8. The lowest BCUT2D eigenvalue weighted by Gasteiger charge is -2.26. The highest BCUT2D eigenvalue weighted by Crippen LogP contribution is 2.33. The summed E-state index contributed by atoms with van der Waals surface area (Å²) < 4.78 is 5.32. The van der Waals surface area contributed by atoms with Crippen molar-refractivity contribution in [2.24, 2.45) is 0 Å². The van der Waals surface area contributed by atoms with Crippen LogP contribution in [0.5, 0.6) is 0 Å². The quantitative estimate of drug-likeness (QED) is 0.705. The van der Waals surface area contributed by atoms with Crippen LogP contribution in [0, 0.1) is 11.3 Å². The lowest BCUT2D eigenvalue weighted by atomic mass is 10.1. The van der Waals surface area contributed by atoms with Gasteiger partial charge in [0.1, 0.15) is 11.6 Å². The monoisotopic (exact) mass is 244 g/mol. The first-order chi connectivity index (χ1) is 8.42. The molecule has 0 N–H and O–H groups in total. The molecule has 0 fully saturated rings. The molecule has 94 valence electrons. The zero-order chi connectivity index (χ0) is 13.3. The number of amides is 1. The van der Waals surface area contributed by atoms with Gasteiger partial charge < -0.3 is 4.74 Å². The number of benzene rings is 1. The van der Waals surface area contributed by atoms with Crippen LogP contribution in [-0.4, -0.2) is 16.6 Å². The van der Waals surface area contributed by atoms with Gasteiger partial charge in [0.15, 0.2) is 0 Å². The fourth-order valence-electron chi connectivity index (χ4n) is 2.02. The van der Waals surface area contributed by atoms with Gasteiger partial charge in [-0.05, 0) is 31.9 Å². The predicted molar refractivity (Wildman–Crippen MR) is 66.6 cm³/mol. The van der Waals surface area contributed by atoms with Crippen LogP contribution >= 0.6 is 0 Å². The molecule has 1 aliphatic rings. The number of nitrogens with zero attached hydrogens (tertiary/aromatic N) is 2.